The minimum absolute atomic E-state index is 0.464. The molecule has 10 aromatic carbocycles. The first kappa shape index (κ1) is 40.6. The van der Waals surface area contributed by atoms with E-state index in [1.165, 1.54) is 0 Å². The molecule has 0 fully saturated rings. The van der Waals surface area contributed by atoms with Crippen LogP contribution in [0.15, 0.2) is 243 Å². The second-order valence-electron chi connectivity index (χ2n) is 17.6. The van der Waals surface area contributed by atoms with Gasteiger partial charge in [0.25, 0.3) is 0 Å². The average Bonchev–Trinajstić information content (AvgIpc) is 3.95. The molecule has 0 bridgehead atoms. The van der Waals surface area contributed by atoms with Crippen LogP contribution < -0.4 is 0 Å². The maximum absolute atomic E-state index is 11.1. The summed E-state index contributed by atoms with van der Waals surface area (Å²) in [4.78, 5) is 15.7. The molecular weight excluding hydrogens is 853 g/mol. The van der Waals surface area contributed by atoms with Gasteiger partial charge in [0.1, 0.15) is 6.07 Å². The van der Waals surface area contributed by atoms with Gasteiger partial charge in [-0.25, -0.2) is 4.98 Å². The second-order valence-corrected chi connectivity index (χ2v) is 17.6. The number of nitriles is 1. The molecule has 0 radical (unpaired) electrons. The highest BCUT2D eigenvalue weighted by Crippen LogP contribution is 2.40. The molecular formula is C64H40N6. The summed E-state index contributed by atoms with van der Waals surface area (Å²) in [5.41, 5.74) is 15.9. The molecule has 0 aliphatic carbocycles. The van der Waals surface area contributed by atoms with Crippen molar-refractivity contribution in [1.82, 2.24) is 24.1 Å². The highest BCUT2D eigenvalue weighted by Gasteiger charge is 2.22. The quantitative estimate of drug-likeness (QED) is 0.152. The average molecular weight is 893 g/mol. The van der Waals surface area contributed by atoms with E-state index in [0.717, 1.165) is 99.4 Å². The Kier molecular flexibility index (Phi) is 9.78. The summed E-state index contributed by atoms with van der Waals surface area (Å²) in [6.07, 6.45) is 0. The highest BCUT2D eigenvalue weighted by molar-refractivity contribution is 6.13. The molecule has 3 aromatic heterocycles. The van der Waals surface area contributed by atoms with Crippen molar-refractivity contribution in [3.63, 3.8) is 0 Å². The topological polar surface area (TPSA) is 72.3 Å². The van der Waals surface area contributed by atoms with Gasteiger partial charge in [-0.2, -0.15) is 15.2 Å². The van der Waals surface area contributed by atoms with Crippen molar-refractivity contribution in [2.45, 2.75) is 0 Å². The first-order chi connectivity index (χ1) is 34.6. The fourth-order valence-electron chi connectivity index (χ4n) is 10.0. The van der Waals surface area contributed by atoms with Crippen LogP contribution in [0.25, 0.3) is 123 Å². The molecule has 0 amide bonds. The van der Waals surface area contributed by atoms with Crippen molar-refractivity contribution >= 4 is 43.6 Å². The molecule has 13 rings (SSSR count). The van der Waals surface area contributed by atoms with Gasteiger partial charge in [-0.05, 0) is 111 Å². The van der Waals surface area contributed by atoms with Crippen molar-refractivity contribution < 1.29 is 0 Å². The summed E-state index contributed by atoms with van der Waals surface area (Å²) in [6, 6.07) is 86.9. The van der Waals surface area contributed by atoms with Gasteiger partial charge in [0.2, 0.25) is 5.95 Å². The summed E-state index contributed by atoms with van der Waals surface area (Å²) in [6.45, 7) is 0. The van der Waals surface area contributed by atoms with Crippen LogP contribution in [0.1, 0.15) is 5.56 Å². The van der Waals surface area contributed by atoms with E-state index in [0.29, 0.717) is 28.7 Å². The number of fused-ring (bicyclic) bond motifs is 6. The van der Waals surface area contributed by atoms with Gasteiger partial charge in [0.05, 0.1) is 33.3 Å². The molecule has 0 atom stereocenters. The van der Waals surface area contributed by atoms with Gasteiger partial charge in [-0.1, -0.05) is 176 Å². The highest BCUT2D eigenvalue weighted by atomic mass is 15.2. The summed E-state index contributed by atoms with van der Waals surface area (Å²) >= 11 is 0. The molecule has 0 aliphatic heterocycles. The van der Waals surface area contributed by atoms with Crippen LogP contribution >= 0.6 is 0 Å². The summed E-state index contributed by atoms with van der Waals surface area (Å²) in [7, 11) is 0. The van der Waals surface area contributed by atoms with Crippen LogP contribution in [-0.4, -0.2) is 24.1 Å². The number of hydrogen-bond acceptors (Lipinski definition) is 4. The monoisotopic (exact) mass is 892 g/mol. The fraction of sp³-hybridized carbons (Fsp3) is 0. The van der Waals surface area contributed by atoms with E-state index in [-0.39, 0.29) is 0 Å². The molecule has 0 N–H and O–H groups in total. The summed E-state index contributed by atoms with van der Waals surface area (Å²) in [5, 5.41) is 15.5. The van der Waals surface area contributed by atoms with Gasteiger partial charge in [0, 0.05) is 32.7 Å². The molecule has 326 valence electrons. The molecule has 6 nitrogen and oxygen atoms in total. The van der Waals surface area contributed by atoms with Gasteiger partial charge >= 0.3 is 0 Å². The van der Waals surface area contributed by atoms with Gasteiger partial charge < -0.3 is 4.57 Å². The Hall–Kier alpha value is -9.70. The number of aromatic nitrogens is 5. The van der Waals surface area contributed by atoms with Crippen LogP contribution in [0.2, 0.25) is 0 Å². The van der Waals surface area contributed by atoms with E-state index in [2.05, 4.69) is 185 Å². The van der Waals surface area contributed by atoms with Gasteiger partial charge in [0.15, 0.2) is 11.6 Å². The Morgan fingerprint density at radius 1 is 0.286 bits per heavy atom. The van der Waals surface area contributed by atoms with E-state index in [9.17, 15) is 5.26 Å². The van der Waals surface area contributed by atoms with Crippen LogP contribution in [0.3, 0.4) is 0 Å². The number of benzene rings is 10. The molecule has 0 unspecified atom stereocenters. The zero-order valence-corrected chi connectivity index (χ0v) is 37.8. The SMILES string of the molecule is N#Cc1cc(-c2nc(-c3ccccc3)nc(-n3c4ccc(-c5ccccc5)cc4c4cc(-c5ccccc5)ccc43)n2)ccc1-n1c2ccc(-c3ccccc3)cc2c2cc(-c3ccccc3)ccc21. The predicted molar refractivity (Wildman–Crippen MR) is 286 cm³/mol. The maximum Gasteiger partial charge on any atom is 0.238 e. The molecule has 3 heterocycles. The zero-order valence-electron chi connectivity index (χ0n) is 37.8. The number of hydrogen-bond donors (Lipinski definition) is 0. The van der Waals surface area contributed by atoms with Gasteiger partial charge in [-0.3, -0.25) is 4.57 Å². The van der Waals surface area contributed by atoms with Gasteiger partial charge in [-0.15, -0.1) is 0 Å². The first-order valence-electron chi connectivity index (χ1n) is 23.4. The lowest BCUT2D eigenvalue weighted by atomic mass is 10.0. The standard InChI is InChI=1S/C64H40N6/c65-41-52-36-51(30-31-57(52)69-58-32-26-47(42-16-6-1-7-17-42)37-53(58)54-38-48(27-33-59(54)69)43-18-8-2-9-19-43)63-66-62(46-24-14-5-15-25-46)67-64(68-63)70-60-34-28-49(44-20-10-3-11-21-44)39-55(60)56-40-50(29-35-61(56)70)45-22-12-4-13-23-45/h1-40H. The third-order valence-electron chi connectivity index (χ3n) is 13.4. The molecule has 0 spiro atoms. The molecule has 6 heteroatoms. The van der Waals surface area contributed by atoms with Crippen molar-refractivity contribution in [2.24, 2.45) is 0 Å². The fourth-order valence-corrected chi connectivity index (χ4v) is 10.0. The molecule has 13 aromatic rings. The molecule has 0 aliphatic rings. The predicted octanol–water partition coefficient (Wildman–Crippen LogP) is 15.9. The van der Waals surface area contributed by atoms with E-state index in [1.54, 1.807) is 0 Å². The number of rotatable bonds is 8. The minimum atomic E-state index is 0.464. The summed E-state index contributed by atoms with van der Waals surface area (Å²) in [5.74, 6) is 1.48. The van der Waals surface area contributed by atoms with E-state index < -0.39 is 0 Å². The molecule has 0 saturated heterocycles. The molecule has 0 saturated carbocycles. The Bertz CT molecular complexity index is 3960. The van der Waals surface area contributed by atoms with Crippen LogP contribution in [0, 0.1) is 11.3 Å². The summed E-state index contributed by atoms with van der Waals surface area (Å²) < 4.78 is 4.37. The largest absolute Gasteiger partial charge is 0.308 e. The Balaban J connectivity index is 1.00. The van der Waals surface area contributed by atoms with Crippen LogP contribution in [0.4, 0.5) is 0 Å². The lowest BCUT2D eigenvalue weighted by molar-refractivity contribution is 0.953. The Morgan fingerprint density at radius 2 is 0.614 bits per heavy atom. The second kappa shape index (κ2) is 16.9. The number of nitrogens with zero attached hydrogens (tertiary/aromatic N) is 6. The van der Waals surface area contributed by atoms with E-state index in [4.69, 9.17) is 15.0 Å². The van der Waals surface area contributed by atoms with Crippen molar-refractivity contribution in [1.29, 1.82) is 5.26 Å². The lowest BCUT2D eigenvalue weighted by Crippen LogP contribution is -2.07. The van der Waals surface area contributed by atoms with Crippen LogP contribution in [0.5, 0.6) is 0 Å². The lowest BCUT2D eigenvalue weighted by Gasteiger charge is -2.14. The normalized spacial score (nSPS) is 11.4. The molecule has 70 heavy (non-hydrogen) atoms. The smallest absolute Gasteiger partial charge is 0.238 e. The first-order valence-corrected chi connectivity index (χ1v) is 23.4. The Labute approximate surface area is 404 Å². The Morgan fingerprint density at radius 3 is 0.986 bits per heavy atom. The minimum Gasteiger partial charge on any atom is -0.308 e. The van der Waals surface area contributed by atoms with Crippen molar-refractivity contribution in [2.75, 3.05) is 0 Å². The van der Waals surface area contributed by atoms with Crippen molar-refractivity contribution in [3.8, 4) is 85.0 Å². The zero-order chi connectivity index (χ0) is 46.5. The van der Waals surface area contributed by atoms with Crippen molar-refractivity contribution in [3.05, 3.63) is 248 Å². The van der Waals surface area contributed by atoms with Crippen LogP contribution in [-0.2, 0) is 0 Å². The van der Waals surface area contributed by atoms with E-state index >= 15 is 0 Å². The third-order valence-corrected chi connectivity index (χ3v) is 13.4. The third kappa shape index (κ3) is 7.01. The van der Waals surface area contributed by atoms with E-state index in [1.807, 2.05) is 72.8 Å². The maximum atomic E-state index is 11.1.